The topological polar surface area (TPSA) is 129 Å². The van der Waals surface area contributed by atoms with Crippen molar-refractivity contribution in [3.05, 3.63) is 76.2 Å². The van der Waals surface area contributed by atoms with Gasteiger partial charge in [0.05, 0.1) is 11.7 Å². The molecule has 0 saturated heterocycles. The maximum Gasteiger partial charge on any atom is 0.573 e. The van der Waals surface area contributed by atoms with Crippen LogP contribution in [0.15, 0.2) is 62.2 Å². The Morgan fingerprint density at radius 2 is 1.59 bits per heavy atom. The van der Waals surface area contributed by atoms with Crippen molar-refractivity contribution < 1.29 is 45.8 Å². The molecule has 2 amide bonds. The van der Waals surface area contributed by atoms with Crippen LogP contribution < -0.4 is 25.9 Å². The zero-order chi connectivity index (χ0) is 28.0. The third-order valence-corrected chi connectivity index (χ3v) is 5.92. The number of nitrogens with one attached hydrogen (secondary N) is 2. The fourth-order valence-electron chi connectivity index (χ4n) is 4.00. The molecule has 0 unspecified atom stereocenters. The van der Waals surface area contributed by atoms with Gasteiger partial charge in [0.15, 0.2) is 18.1 Å². The molecule has 1 aliphatic carbocycles. The molecule has 0 bridgehead atoms. The number of carbonyl (C=O) groups excluding carboxylic acids is 2. The molecule has 10 nitrogen and oxygen atoms in total. The summed E-state index contributed by atoms with van der Waals surface area (Å²) in [5.74, 6) is -0.867. The number of urea groups is 1. The number of benzene rings is 2. The molecule has 1 fully saturated rings. The Labute approximate surface area is 220 Å². The van der Waals surface area contributed by atoms with Crippen molar-refractivity contribution in [3.8, 4) is 11.5 Å². The zero-order valence-electron chi connectivity index (χ0n) is 20.7. The smallest absolute Gasteiger partial charge is 0.490 e. The van der Waals surface area contributed by atoms with Gasteiger partial charge in [0.1, 0.15) is 11.5 Å². The van der Waals surface area contributed by atoms with Crippen LogP contribution in [0.2, 0.25) is 0 Å². The largest absolute Gasteiger partial charge is 0.573 e. The van der Waals surface area contributed by atoms with Crippen molar-refractivity contribution in [2.45, 2.75) is 57.7 Å². The summed E-state index contributed by atoms with van der Waals surface area (Å²) in [6, 6.07) is 10.8. The third kappa shape index (κ3) is 8.28. The van der Waals surface area contributed by atoms with Crippen LogP contribution in [0, 0.1) is 6.92 Å². The van der Waals surface area contributed by atoms with Gasteiger partial charge < -0.3 is 33.7 Å². The summed E-state index contributed by atoms with van der Waals surface area (Å²) in [5.41, 5.74) is 0.627. The van der Waals surface area contributed by atoms with Crippen molar-refractivity contribution in [3.63, 3.8) is 0 Å². The van der Waals surface area contributed by atoms with Gasteiger partial charge in [0, 0.05) is 11.7 Å². The van der Waals surface area contributed by atoms with E-state index in [4.69, 9.17) is 18.3 Å². The lowest BCUT2D eigenvalue weighted by Gasteiger charge is -2.29. The first-order valence-electron chi connectivity index (χ1n) is 12.0. The molecule has 3 aromatic rings. The van der Waals surface area contributed by atoms with E-state index in [0.29, 0.717) is 42.7 Å². The highest BCUT2D eigenvalue weighted by Gasteiger charge is 2.31. The van der Waals surface area contributed by atoms with E-state index in [0.717, 1.165) is 12.1 Å². The fourth-order valence-corrected chi connectivity index (χ4v) is 4.00. The molecule has 1 aromatic heterocycles. The highest BCUT2D eigenvalue weighted by Crippen LogP contribution is 2.26. The number of rotatable bonds is 8. The molecule has 0 spiro atoms. The minimum absolute atomic E-state index is 0.0722. The van der Waals surface area contributed by atoms with Crippen molar-refractivity contribution in [1.29, 1.82) is 0 Å². The molecule has 4 rings (SSSR count). The standard InChI is InChI=1S/C26H25F3N2O8/c1-15-22(38-25(34)36-15)14-35-23(32)16-2-8-19(9-3-16)37-20-10-4-17(5-11-20)30-24(33)31-18-6-12-21(13-7-18)39-26(27,28)29/h2-3,6-9,12-13,17,20H,4-5,10-11,14H2,1H3,(H2,30,31,33)/t17-,20-. The molecule has 2 aromatic carbocycles. The number of carbonyl (C=O) groups is 2. The van der Waals surface area contributed by atoms with Gasteiger partial charge in [-0.25, -0.2) is 14.4 Å². The van der Waals surface area contributed by atoms with Crippen LogP contribution in [-0.2, 0) is 11.3 Å². The zero-order valence-corrected chi connectivity index (χ0v) is 20.7. The quantitative estimate of drug-likeness (QED) is 0.361. The number of halogens is 3. The molecule has 0 aliphatic heterocycles. The summed E-state index contributed by atoms with van der Waals surface area (Å²) in [5, 5.41) is 5.44. The monoisotopic (exact) mass is 550 g/mol. The van der Waals surface area contributed by atoms with E-state index in [1.807, 2.05) is 0 Å². The Balaban J connectivity index is 1.17. The van der Waals surface area contributed by atoms with E-state index < -0.39 is 24.2 Å². The van der Waals surface area contributed by atoms with E-state index in [9.17, 15) is 27.6 Å². The summed E-state index contributed by atoms with van der Waals surface area (Å²) in [6.07, 6.45) is -2.14. The average molecular weight is 550 g/mol. The average Bonchev–Trinajstić information content (AvgIpc) is 3.21. The van der Waals surface area contributed by atoms with Crippen molar-refractivity contribution in [2.75, 3.05) is 5.32 Å². The van der Waals surface area contributed by atoms with Gasteiger partial charge in [-0.15, -0.1) is 13.2 Å². The van der Waals surface area contributed by atoms with Gasteiger partial charge in [-0.3, -0.25) is 0 Å². The van der Waals surface area contributed by atoms with Gasteiger partial charge in [0.25, 0.3) is 0 Å². The second-order valence-electron chi connectivity index (χ2n) is 8.80. The van der Waals surface area contributed by atoms with E-state index in [-0.39, 0.29) is 36.0 Å². The third-order valence-electron chi connectivity index (χ3n) is 5.92. The summed E-state index contributed by atoms with van der Waals surface area (Å²) in [6.45, 7) is 1.30. The molecule has 13 heteroatoms. The molecular formula is C26H25F3N2O8. The first-order chi connectivity index (χ1) is 18.5. The van der Waals surface area contributed by atoms with Crippen LogP contribution in [0.5, 0.6) is 11.5 Å². The van der Waals surface area contributed by atoms with Gasteiger partial charge in [-0.1, -0.05) is 0 Å². The summed E-state index contributed by atoms with van der Waals surface area (Å²) in [4.78, 5) is 35.6. The number of amides is 2. The van der Waals surface area contributed by atoms with Crippen LogP contribution in [0.25, 0.3) is 0 Å². The second kappa shape index (κ2) is 12.0. The number of anilines is 1. The van der Waals surface area contributed by atoms with Gasteiger partial charge in [-0.2, -0.15) is 0 Å². The van der Waals surface area contributed by atoms with Crippen LogP contribution in [0.1, 0.15) is 47.6 Å². The number of esters is 1. The lowest BCUT2D eigenvalue weighted by Crippen LogP contribution is -2.41. The van der Waals surface area contributed by atoms with Gasteiger partial charge >= 0.3 is 24.2 Å². The normalized spacial score (nSPS) is 17.2. The molecule has 1 aliphatic rings. The number of hydrogen-bond acceptors (Lipinski definition) is 8. The first kappa shape index (κ1) is 27.6. The summed E-state index contributed by atoms with van der Waals surface area (Å²) < 4.78 is 61.2. The highest BCUT2D eigenvalue weighted by molar-refractivity contribution is 5.90. The molecule has 2 N–H and O–H groups in total. The predicted molar refractivity (Wildman–Crippen MR) is 129 cm³/mol. The molecule has 1 saturated carbocycles. The maximum atomic E-state index is 12.3. The number of aryl methyl sites for hydroxylation is 1. The Hall–Kier alpha value is -4.42. The molecule has 1 heterocycles. The van der Waals surface area contributed by atoms with Crippen molar-refractivity contribution in [1.82, 2.24) is 5.32 Å². The number of alkyl halides is 3. The highest BCUT2D eigenvalue weighted by atomic mass is 19.4. The maximum absolute atomic E-state index is 12.3. The van der Waals surface area contributed by atoms with Gasteiger partial charge in [-0.05, 0) is 81.1 Å². The Morgan fingerprint density at radius 1 is 0.949 bits per heavy atom. The van der Waals surface area contributed by atoms with Crippen molar-refractivity contribution in [2.24, 2.45) is 0 Å². The molecule has 0 atom stereocenters. The van der Waals surface area contributed by atoms with Crippen LogP contribution in [0.3, 0.4) is 0 Å². The molecule has 208 valence electrons. The number of hydrogen-bond donors (Lipinski definition) is 2. The number of ether oxygens (including phenoxy) is 3. The van der Waals surface area contributed by atoms with E-state index in [2.05, 4.69) is 15.4 Å². The van der Waals surface area contributed by atoms with E-state index >= 15 is 0 Å². The van der Waals surface area contributed by atoms with Crippen molar-refractivity contribution >= 4 is 17.7 Å². The fraction of sp³-hybridized carbons (Fsp3) is 0.346. The second-order valence-corrected chi connectivity index (χ2v) is 8.80. The van der Waals surface area contributed by atoms with Gasteiger partial charge in [0.2, 0.25) is 0 Å². The van der Waals surface area contributed by atoms with Crippen LogP contribution in [0.4, 0.5) is 23.7 Å². The SMILES string of the molecule is Cc1oc(=O)oc1COC(=O)c1ccc(O[C@H]2CC[C@H](NC(=O)Nc3ccc(OC(F)(F)F)cc3)CC2)cc1. The molecule has 0 radical (unpaired) electrons. The minimum atomic E-state index is -4.78. The molecular weight excluding hydrogens is 525 g/mol. The lowest BCUT2D eigenvalue weighted by molar-refractivity contribution is -0.274. The summed E-state index contributed by atoms with van der Waals surface area (Å²) >= 11 is 0. The minimum Gasteiger partial charge on any atom is -0.490 e. The van der Waals surface area contributed by atoms with Crippen LogP contribution in [-0.4, -0.2) is 30.5 Å². The Bertz CT molecular complexity index is 1320. The van der Waals surface area contributed by atoms with E-state index in [1.165, 1.54) is 19.1 Å². The lowest BCUT2D eigenvalue weighted by atomic mass is 9.93. The summed E-state index contributed by atoms with van der Waals surface area (Å²) in [7, 11) is 0. The van der Waals surface area contributed by atoms with E-state index in [1.54, 1.807) is 24.3 Å². The Kier molecular flexibility index (Phi) is 8.47. The Morgan fingerprint density at radius 3 is 2.18 bits per heavy atom. The molecule has 39 heavy (non-hydrogen) atoms. The predicted octanol–water partition coefficient (Wildman–Crippen LogP) is 5.31. The first-order valence-corrected chi connectivity index (χ1v) is 12.0. The van der Waals surface area contributed by atoms with Crippen LogP contribution >= 0.6 is 0 Å².